The highest BCUT2D eigenvalue weighted by molar-refractivity contribution is 6.31. The molecule has 1 saturated heterocycles. The number of likely N-dealkylation sites (tertiary alicyclic amines) is 1. The molecule has 0 aliphatic carbocycles. The molecule has 1 aromatic carbocycles. The summed E-state index contributed by atoms with van der Waals surface area (Å²) < 4.78 is 26.2. The molecule has 0 saturated carbocycles. The Bertz CT molecular complexity index is 566. The Morgan fingerprint density at radius 1 is 1.50 bits per heavy atom. The minimum Gasteiger partial charge on any atom is -0.350 e. The number of hydrogen-bond acceptors (Lipinski definition) is 2. The molecule has 4 nitrogen and oxygen atoms in total. The van der Waals surface area contributed by atoms with Crippen LogP contribution in [-0.2, 0) is 16.1 Å². The number of amides is 2. The molecule has 20 heavy (non-hydrogen) atoms. The maximum absolute atomic E-state index is 13.3. The topological polar surface area (TPSA) is 49.4 Å². The van der Waals surface area contributed by atoms with Gasteiger partial charge in [0.15, 0.2) is 11.6 Å². The standard InChI is InChI=1S/C13H13ClF2N2O2/c1-18-9(4-5-10(18)19)13(20)17-6-7-2-3-8(15)12(16)11(7)14/h2-3,9H,4-6H2,1H3,(H,17,20)/t9-/m0/s1. The fourth-order valence-corrected chi connectivity index (χ4v) is 2.33. The van der Waals surface area contributed by atoms with E-state index in [4.69, 9.17) is 11.6 Å². The molecule has 1 heterocycles. The van der Waals surface area contributed by atoms with Crippen LogP contribution in [-0.4, -0.2) is 29.8 Å². The molecule has 1 aromatic rings. The van der Waals surface area contributed by atoms with Crippen LogP contribution in [0.5, 0.6) is 0 Å². The molecule has 1 atom stereocenters. The lowest BCUT2D eigenvalue weighted by Crippen LogP contribution is -2.42. The van der Waals surface area contributed by atoms with Gasteiger partial charge in [-0.1, -0.05) is 17.7 Å². The van der Waals surface area contributed by atoms with Gasteiger partial charge in [-0.2, -0.15) is 0 Å². The molecular formula is C13H13ClF2N2O2. The number of benzene rings is 1. The van der Waals surface area contributed by atoms with Crippen LogP contribution in [0.2, 0.25) is 5.02 Å². The van der Waals surface area contributed by atoms with E-state index < -0.39 is 17.7 Å². The molecule has 7 heteroatoms. The summed E-state index contributed by atoms with van der Waals surface area (Å²) >= 11 is 5.66. The first-order valence-corrected chi connectivity index (χ1v) is 6.45. The number of carbonyl (C=O) groups is 2. The third-order valence-corrected chi connectivity index (χ3v) is 3.77. The lowest BCUT2D eigenvalue weighted by atomic mass is 10.2. The van der Waals surface area contributed by atoms with Crippen LogP contribution in [0.25, 0.3) is 0 Å². The second-order valence-corrected chi connectivity index (χ2v) is 4.99. The van der Waals surface area contributed by atoms with E-state index in [0.29, 0.717) is 12.8 Å². The second kappa shape index (κ2) is 5.75. The number of nitrogens with one attached hydrogen (secondary N) is 1. The van der Waals surface area contributed by atoms with E-state index in [1.807, 2.05) is 0 Å². The number of carbonyl (C=O) groups excluding carboxylic acids is 2. The van der Waals surface area contributed by atoms with E-state index in [1.54, 1.807) is 7.05 Å². The Morgan fingerprint density at radius 2 is 2.20 bits per heavy atom. The largest absolute Gasteiger partial charge is 0.350 e. The van der Waals surface area contributed by atoms with Gasteiger partial charge in [0.1, 0.15) is 6.04 Å². The smallest absolute Gasteiger partial charge is 0.243 e. The van der Waals surface area contributed by atoms with Crippen molar-refractivity contribution in [2.24, 2.45) is 0 Å². The van der Waals surface area contributed by atoms with Crippen molar-refractivity contribution in [2.75, 3.05) is 7.05 Å². The van der Waals surface area contributed by atoms with Crippen LogP contribution in [0.4, 0.5) is 8.78 Å². The third-order valence-electron chi connectivity index (χ3n) is 3.36. The van der Waals surface area contributed by atoms with E-state index in [2.05, 4.69) is 5.32 Å². The van der Waals surface area contributed by atoms with Gasteiger partial charge in [0.05, 0.1) is 5.02 Å². The summed E-state index contributed by atoms with van der Waals surface area (Å²) in [5.74, 6) is -2.59. The van der Waals surface area contributed by atoms with Crippen molar-refractivity contribution in [3.8, 4) is 0 Å². The van der Waals surface area contributed by atoms with Gasteiger partial charge in [0.2, 0.25) is 11.8 Å². The van der Waals surface area contributed by atoms with Gasteiger partial charge in [-0.15, -0.1) is 0 Å². The quantitative estimate of drug-likeness (QED) is 0.866. The Balaban J connectivity index is 2.01. The van der Waals surface area contributed by atoms with Crippen molar-refractivity contribution in [3.63, 3.8) is 0 Å². The van der Waals surface area contributed by atoms with Crippen LogP contribution in [0.1, 0.15) is 18.4 Å². The lowest BCUT2D eigenvalue weighted by Gasteiger charge is -2.19. The third kappa shape index (κ3) is 2.75. The zero-order chi connectivity index (χ0) is 14.9. The first-order chi connectivity index (χ1) is 9.41. The Hall–Kier alpha value is -1.69. The molecule has 2 amide bonds. The molecule has 1 aliphatic heterocycles. The maximum atomic E-state index is 13.3. The van der Waals surface area contributed by atoms with Crippen molar-refractivity contribution in [1.29, 1.82) is 0 Å². The van der Waals surface area contributed by atoms with Gasteiger partial charge in [-0.05, 0) is 18.1 Å². The number of halogens is 3. The second-order valence-electron chi connectivity index (χ2n) is 4.61. The summed E-state index contributed by atoms with van der Waals surface area (Å²) in [5, 5.41) is 2.23. The highest BCUT2D eigenvalue weighted by Gasteiger charge is 2.32. The molecule has 1 aliphatic rings. The fraction of sp³-hybridized carbons (Fsp3) is 0.385. The highest BCUT2D eigenvalue weighted by Crippen LogP contribution is 2.22. The molecule has 0 radical (unpaired) electrons. The minimum atomic E-state index is -1.13. The molecule has 1 fully saturated rings. The van der Waals surface area contributed by atoms with Crippen LogP contribution >= 0.6 is 11.6 Å². The normalized spacial score (nSPS) is 18.5. The van der Waals surface area contributed by atoms with Crippen molar-refractivity contribution in [2.45, 2.75) is 25.4 Å². The lowest BCUT2D eigenvalue weighted by molar-refractivity contribution is -0.133. The van der Waals surface area contributed by atoms with Crippen molar-refractivity contribution < 1.29 is 18.4 Å². The number of rotatable bonds is 3. The molecule has 2 rings (SSSR count). The van der Waals surface area contributed by atoms with E-state index in [1.165, 1.54) is 11.0 Å². The number of hydrogen-bond donors (Lipinski definition) is 1. The zero-order valence-corrected chi connectivity index (χ0v) is 11.5. The van der Waals surface area contributed by atoms with Gasteiger partial charge in [-0.3, -0.25) is 9.59 Å². The van der Waals surface area contributed by atoms with Gasteiger partial charge in [0, 0.05) is 20.0 Å². The van der Waals surface area contributed by atoms with E-state index >= 15 is 0 Å². The first-order valence-electron chi connectivity index (χ1n) is 6.07. The Morgan fingerprint density at radius 3 is 2.80 bits per heavy atom. The van der Waals surface area contributed by atoms with Gasteiger partial charge < -0.3 is 10.2 Å². The van der Waals surface area contributed by atoms with Gasteiger partial charge >= 0.3 is 0 Å². The van der Waals surface area contributed by atoms with Crippen molar-refractivity contribution in [1.82, 2.24) is 10.2 Å². The first kappa shape index (κ1) is 14.7. The predicted molar refractivity (Wildman–Crippen MR) is 69.0 cm³/mol. The number of nitrogens with zero attached hydrogens (tertiary/aromatic N) is 1. The van der Waals surface area contributed by atoms with E-state index in [9.17, 15) is 18.4 Å². The summed E-state index contributed by atoms with van der Waals surface area (Å²) in [7, 11) is 1.56. The SMILES string of the molecule is CN1C(=O)CC[C@H]1C(=O)NCc1ccc(F)c(F)c1Cl. The van der Waals surface area contributed by atoms with Gasteiger partial charge in [-0.25, -0.2) is 8.78 Å². The summed E-state index contributed by atoms with van der Waals surface area (Å²) in [6.07, 6.45) is 0.785. The monoisotopic (exact) mass is 302 g/mol. The van der Waals surface area contributed by atoms with E-state index in [-0.39, 0.29) is 28.9 Å². The molecule has 0 spiro atoms. The summed E-state index contributed by atoms with van der Waals surface area (Å²) in [4.78, 5) is 24.6. The molecular weight excluding hydrogens is 290 g/mol. The van der Waals surface area contributed by atoms with Crippen molar-refractivity contribution in [3.05, 3.63) is 34.4 Å². The average Bonchev–Trinajstić information content (AvgIpc) is 2.75. The van der Waals surface area contributed by atoms with E-state index in [0.717, 1.165) is 6.07 Å². The summed E-state index contributed by atoms with van der Waals surface area (Å²) in [6.45, 7) is -0.0204. The molecule has 1 N–H and O–H groups in total. The minimum absolute atomic E-state index is 0.0204. The predicted octanol–water partition coefficient (Wildman–Crippen LogP) is 1.86. The van der Waals surface area contributed by atoms with Crippen LogP contribution in [0, 0.1) is 11.6 Å². The van der Waals surface area contributed by atoms with Crippen LogP contribution in [0.3, 0.4) is 0 Å². The van der Waals surface area contributed by atoms with Crippen LogP contribution in [0.15, 0.2) is 12.1 Å². The molecule has 0 aromatic heterocycles. The highest BCUT2D eigenvalue weighted by atomic mass is 35.5. The molecule has 0 bridgehead atoms. The molecule has 0 unspecified atom stereocenters. The fourth-order valence-electron chi connectivity index (χ4n) is 2.11. The summed E-state index contributed by atoms with van der Waals surface area (Å²) in [5.41, 5.74) is 0.283. The average molecular weight is 303 g/mol. The molecule has 108 valence electrons. The zero-order valence-electron chi connectivity index (χ0n) is 10.8. The number of likely N-dealkylation sites (N-methyl/N-ethyl adjacent to an activating group) is 1. The Kier molecular flexibility index (Phi) is 4.23. The summed E-state index contributed by atoms with van der Waals surface area (Å²) in [6, 6.07) is 1.74. The van der Waals surface area contributed by atoms with Crippen molar-refractivity contribution >= 4 is 23.4 Å². The Labute approximate surface area is 119 Å². The van der Waals surface area contributed by atoms with Gasteiger partial charge in [0.25, 0.3) is 0 Å². The van der Waals surface area contributed by atoms with Crippen LogP contribution < -0.4 is 5.32 Å². The maximum Gasteiger partial charge on any atom is 0.243 e.